The summed E-state index contributed by atoms with van der Waals surface area (Å²) in [6.45, 7) is 2.67. The lowest BCUT2D eigenvalue weighted by molar-refractivity contribution is 0.220. The van der Waals surface area contributed by atoms with Crippen LogP contribution in [0, 0.1) is 12.7 Å². The van der Waals surface area contributed by atoms with E-state index in [4.69, 9.17) is 9.47 Å². The van der Waals surface area contributed by atoms with Crippen molar-refractivity contribution < 1.29 is 18.7 Å². The lowest BCUT2D eigenvalue weighted by atomic mass is 9.79. The minimum Gasteiger partial charge on any atom is -0.497 e. The number of thiazole rings is 1. The van der Waals surface area contributed by atoms with E-state index in [1.165, 1.54) is 17.4 Å². The van der Waals surface area contributed by atoms with E-state index < -0.39 is 5.41 Å². The zero-order chi connectivity index (χ0) is 22.0. The molecule has 2 aromatic carbocycles. The summed E-state index contributed by atoms with van der Waals surface area (Å²) in [5.74, 6) is 0.868. The fraction of sp³-hybridized carbons (Fsp3) is 0.304. The number of hydrogen-bond donors (Lipinski definition) is 1. The summed E-state index contributed by atoms with van der Waals surface area (Å²) < 4.78 is 25.6. The van der Waals surface area contributed by atoms with Crippen LogP contribution in [-0.2, 0) is 5.41 Å². The minimum atomic E-state index is -0.679. The Kier molecular flexibility index (Phi) is 5.82. The minimum absolute atomic E-state index is 0.271. The molecule has 3 aromatic rings. The smallest absolute Gasteiger partial charge is 0.321 e. The highest BCUT2D eigenvalue weighted by molar-refractivity contribution is 7.09. The number of carbonyl (C=O) groups excluding carboxylic acids is 1. The van der Waals surface area contributed by atoms with Crippen molar-refractivity contribution in [3.8, 4) is 11.5 Å². The molecule has 1 aliphatic heterocycles. The summed E-state index contributed by atoms with van der Waals surface area (Å²) >= 11 is 1.48. The van der Waals surface area contributed by atoms with Gasteiger partial charge in [0.2, 0.25) is 0 Å². The molecule has 1 aromatic heterocycles. The van der Waals surface area contributed by atoms with Crippen LogP contribution in [0.15, 0.2) is 48.0 Å². The number of aromatic nitrogens is 1. The fourth-order valence-electron chi connectivity index (χ4n) is 4.07. The number of hydrogen-bond acceptors (Lipinski definition) is 5. The first-order valence-electron chi connectivity index (χ1n) is 9.91. The Bertz CT molecular complexity index is 1090. The largest absolute Gasteiger partial charge is 0.497 e. The van der Waals surface area contributed by atoms with E-state index in [-0.39, 0.29) is 11.8 Å². The number of methoxy groups -OCH3 is 2. The van der Waals surface area contributed by atoms with Crippen molar-refractivity contribution in [1.29, 1.82) is 0 Å². The Morgan fingerprint density at radius 3 is 2.74 bits per heavy atom. The third-order valence-electron chi connectivity index (χ3n) is 5.69. The molecule has 0 aliphatic carbocycles. The number of aryl methyl sites for hydroxylation is 1. The second-order valence-electron chi connectivity index (χ2n) is 7.57. The second-order valence-corrected chi connectivity index (χ2v) is 8.47. The number of halogens is 1. The van der Waals surface area contributed by atoms with Gasteiger partial charge in [-0.25, -0.2) is 14.2 Å². The van der Waals surface area contributed by atoms with Crippen molar-refractivity contribution in [1.82, 2.24) is 9.88 Å². The van der Waals surface area contributed by atoms with Gasteiger partial charge in [0, 0.05) is 36.3 Å². The van der Waals surface area contributed by atoms with Gasteiger partial charge in [0.25, 0.3) is 0 Å². The average Bonchev–Trinajstić information content (AvgIpc) is 3.44. The van der Waals surface area contributed by atoms with Crippen molar-refractivity contribution in [3.05, 3.63) is 69.9 Å². The first kappa shape index (κ1) is 21.1. The number of anilines is 1. The van der Waals surface area contributed by atoms with Gasteiger partial charge in [0.15, 0.2) is 0 Å². The van der Waals surface area contributed by atoms with E-state index in [2.05, 4.69) is 10.3 Å². The number of urea groups is 1. The molecule has 2 amide bonds. The second kappa shape index (κ2) is 8.55. The van der Waals surface area contributed by atoms with Crippen LogP contribution in [0.3, 0.4) is 0 Å². The molecule has 1 atom stereocenters. The molecular weight excluding hydrogens is 417 g/mol. The van der Waals surface area contributed by atoms with Crippen LogP contribution in [0.2, 0.25) is 0 Å². The molecule has 1 N–H and O–H groups in total. The van der Waals surface area contributed by atoms with Crippen LogP contribution in [0.5, 0.6) is 11.5 Å². The van der Waals surface area contributed by atoms with Crippen LogP contribution in [0.1, 0.15) is 22.6 Å². The molecule has 2 heterocycles. The lowest BCUT2D eigenvalue weighted by Gasteiger charge is -2.28. The van der Waals surface area contributed by atoms with Gasteiger partial charge in [0.1, 0.15) is 22.3 Å². The van der Waals surface area contributed by atoms with Gasteiger partial charge >= 0.3 is 6.03 Å². The Balaban J connectivity index is 1.63. The molecule has 162 valence electrons. The van der Waals surface area contributed by atoms with Crippen LogP contribution >= 0.6 is 11.3 Å². The Morgan fingerprint density at radius 1 is 1.23 bits per heavy atom. The molecule has 0 bridgehead atoms. The summed E-state index contributed by atoms with van der Waals surface area (Å²) in [4.78, 5) is 19.3. The highest BCUT2D eigenvalue weighted by Crippen LogP contribution is 2.43. The van der Waals surface area contributed by atoms with Gasteiger partial charge in [0.05, 0.1) is 25.3 Å². The summed E-state index contributed by atoms with van der Waals surface area (Å²) in [5.41, 5.74) is 1.26. The molecule has 31 heavy (non-hydrogen) atoms. The van der Waals surface area contributed by atoms with Crippen LogP contribution < -0.4 is 14.8 Å². The number of amides is 2. The van der Waals surface area contributed by atoms with E-state index in [1.807, 2.05) is 24.4 Å². The van der Waals surface area contributed by atoms with Gasteiger partial charge in [-0.05, 0) is 37.1 Å². The summed E-state index contributed by atoms with van der Waals surface area (Å²) in [6.07, 6.45) is 2.31. The van der Waals surface area contributed by atoms with Crippen molar-refractivity contribution >= 4 is 23.1 Å². The fourth-order valence-corrected chi connectivity index (χ4v) is 4.94. The summed E-state index contributed by atoms with van der Waals surface area (Å²) in [6, 6.07) is 10.2. The standard InChI is InChI=1S/C23H24FN3O3S/c1-15-4-6-17(18(24)12-15)23(21-25-9-11-31-21)8-10-27(14-23)22(28)26-19-13-16(29-2)5-7-20(19)30-3/h4-7,9,11-13H,8,10,14H2,1-3H3,(H,26,28)/t23-/m1/s1. The molecule has 0 saturated carbocycles. The predicted octanol–water partition coefficient (Wildman–Crippen LogP) is 4.83. The molecular formula is C23H24FN3O3S. The summed E-state index contributed by atoms with van der Waals surface area (Å²) in [5, 5.41) is 5.60. The van der Waals surface area contributed by atoms with E-state index in [0.29, 0.717) is 42.3 Å². The molecule has 1 saturated heterocycles. The Morgan fingerprint density at radius 2 is 2.06 bits per heavy atom. The normalized spacial score (nSPS) is 18.1. The van der Waals surface area contributed by atoms with Crippen molar-refractivity contribution in [2.24, 2.45) is 0 Å². The van der Waals surface area contributed by atoms with Gasteiger partial charge < -0.3 is 19.7 Å². The molecule has 0 spiro atoms. The molecule has 8 heteroatoms. The molecule has 1 aliphatic rings. The van der Waals surface area contributed by atoms with Crippen LogP contribution in [-0.4, -0.2) is 43.2 Å². The Labute approximate surface area is 184 Å². The lowest BCUT2D eigenvalue weighted by Crippen LogP contribution is -2.38. The number of nitrogens with zero attached hydrogens (tertiary/aromatic N) is 2. The predicted molar refractivity (Wildman–Crippen MR) is 119 cm³/mol. The quantitative estimate of drug-likeness (QED) is 0.616. The molecule has 4 rings (SSSR count). The first-order valence-corrected chi connectivity index (χ1v) is 10.8. The van der Waals surface area contributed by atoms with Crippen molar-refractivity contribution in [2.75, 3.05) is 32.6 Å². The number of rotatable bonds is 5. The molecule has 0 unspecified atom stereocenters. The van der Waals surface area contributed by atoms with Gasteiger partial charge in [-0.2, -0.15) is 0 Å². The van der Waals surface area contributed by atoms with Gasteiger partial charge in [-0.15, -0.1) is 11.3 Å². The van der Waals surface area contributed by atoms with E-state index in [9.17, 15) is 4.79 Å². The van der Waals surface area contributed by atoms with Crippen LogP contribution in [0.4, 0.5) is 14.9 Å². The maximum absolute atomic E-state index is 15.0. The van der Waals surface area contributed by atoms with E-state index in [1.54, 1.807) is 43.5 Å². The highest BCUT2D eigenvalue weighted by Gasteiger charge is 2.46. The average molecular weight is 442 g/mol. The molecule has 6 nitrogen and oxygen atoms in total. The van der Waals surface area contributed by atoms with Crippen LogP contribution in [0.25, 0.3) is 0 Å². The maximum Gasteiger partial charge on any atom is 0.321 e. The van der Waals surface area contributed by atoms with Crippen molar-refractivity contribution in [2.45, 2.75) is 18.8 Å². The Hall–Kier alpha value is -3.13. The molecule has 1 fully saturated rings. The number of carbonyl (C=O) groups is 1. The zero-order valence-electron chi connectivity index (χ0n) is 17.6. The third kappa shape index (κ3) is 3.95. The van der Waals surface area contributed by atoms with Crippen molar-refractivity contribution in [3.63, 3.8) is 0 Å². The number of nitrogens with one attached hydrogen (secondary N) is 1. The SMILES string of the molecule is COc1ccc(OC)c(NC(=O)N2CC[C@](c3nccs3)(c3ccc(C)cc3F)C2)c1. The van der Waals surface area contributed by atoms with E-state index >= 15 is 4.39 Å². The summed E-state index contributed by atoms with van der Waals surface area (Å²) in [7, 11) is 3.10. The third-order valence-corrected chi connectivity index (χ3v) is 6.66. The maximum atomic E-state index is 15.0. The zero-order valence-corrected chi connectivity index (χ0v) is 18.5. The highest BCUT2D eigenvalue weighted by atomic mass is 32.1. The number of ether oxygens (including phenoxy) is 2. The molecule has 0 radical (unpaired) electrons. The topological polar surface area (TPSA) is 63.7 Å². The first-order chi connectivity index (χ1) is 15.0. The number of benzene rings is 2. The monoisotopic (exact) mass is 441 g/mol. The van der Waals surface area contributed by atoms with Gasteiger partial charge in [-0.1, -0.05) is 12.1 Å². The van der Waals surface area contributed by atoms with E-state index in [0.717, 1.165) is 10.6 Å². The number of likely N-dealkylation sites (tertiary alicyclic amines) is 1. The van der Waals surface area contributed by atoms with Gasteiger partial charge in [-0.3, -0.25) is 0 Å².